The van der Waals surface area contributed by atoms with Crippen molar-refractivity contribution in [2.75, 3.05) is 39.4 Å². The van der Waals surface area contributed by atoms with Gasteiger partial charge in [0.05, 0.1) is 19.3 Å². The van der Waals surface area contributed by atoms with Gasteiger partial charge in [0.25, 0.3) is 0 Å². The lowest BCUT2D eigenvalue weighted by Crippen LogP contribution is -2.63. The number of morpholine rings is 1. The Hall–Kier alpha value is -1.43. The molecule has 0 spiro atoms. The summed E-state index contributed by atoms with van der Waals surface area (Å²) in [7, 11) is 0. The molecule has 2 aliphatic heterocycles. The maximum absolute atomic E-state index is 11.8. The van der Waals surface area contributed by atoms with Crippen LogP contribution in [0.1, 0.15) is 18.9 Å². The highest BCUT2D eigenvalue weighted by Gasteiger charge is 2.46. The molecule has 120 valence electrons. The summed E-state index contributed by atoms with van der Waals surface area (Å²) >= 11 is 0. The fourth-order valence-electron chi connectivity index (χ4n) is 3.58. The van der Waals surface area contributed by atoms with Crippen molar-refractivity contribution in [2.24, 2.45) is 0 Å². The first kappa shape index (κ1) is 15.5. The number of carbonyl (C=O) groups is 1. The third-order valence-electron chi connectivity index (χ3n) is 4.91. The molecule has 0 aromatic heterocycles. The number of benzene rings is 1. The molecule has 2 aliphatic rings. The number of amides is 1. The number of ether oxygens (including phenoxy) is 1. The largest absolute Gasteiger partial charge is 0.383 e. The number of piperidine rings is 1. The Labute approximate surface area is 131 Å². The standard InChI is InChI=1S/C17H24N2O3/c1-14(20)19-8-7-17(21,15-5-3-2-4-6-15)16(13-19)18-9-11-22-12-10-18/h2-6,16,21H,7-13H2,1H3/t16-,17+/m1/s1. The van der Waals surface area contributed by atoms with Crippen LogP contribution in [0, 0.1) is 0 Å². The van der Waals surface area contributed by atoms with Crippen molar-refractivity contribution in [1.82, 2.24) is 9.80 Å². The second-order valence-electron chi connectivity index (χ2n) is 6.17. The topological polar surface area (TPSA) is 53.0 Å². The summed E-state index contributed by atoms with van der Waals surface area (Å²) < 4.78 is 5.43. The Bertz CT molecular complexity index is 516. The van der Waals surface area contributed by atoms with Gasteiger partial charge in [-0.2, -0.15) is 0 Å². The molecule has 1 aromatic carbocycles. The van der Waals surface area contributed by atoms with E-state index < -0.39 is 5.60 Å². The summed E-state index contributed by atoms with van der Waals surface area (Å²) in [6.07, 6.45) is 0.568. The summed E-state index contributed by atoms with van der Waals surface area (Å²) in [6, 6.07) is 9.76. The lowest BCUT2D eigenvalue weighted by molar-refractivity contribution is -0.145. The monoisotopic (exact) mass is 304 g/mol. The van der Waals surface area contributed by atoms with Gasteiger partial charge in [-0.25, -0.2) is 0 Å². The van der Waals surface area contributed by atoms with Crippen LogP contribution in [0.25, 0.3) is 0 Å². The molecule has 3 rings (SSSR count). The van der Waals surface area contributed by atoms with Crippen molar-refractivity contribution in [3.05, 3.63) is 35.9 Å². The van der Waals surface area contributed by atoms with E-state index in [1.165, 1.54) is 0 Å². The average molecular weight is 304 g/mol. The number of carbonyl (C=O) groups excluding carboxylic acids is 1. The predicted octanol–water partition coefficient (Wildman–Crippen LogP) is 0.827. The molecule has 5 heteroatoms. The molecule has 0 unspecified atom stereocenters. The SMILES string of the molecule is CC(=O)N1CC[C@](O)(c2ccccc2)[C@H](N2CCOCC2)C1. The summed E-state index contributed by atoms with van der Waals surface area (Å²) in [4.78, 5) is 15.9. The zero-order valence-corrected chi connectivity index (χ0v) is 13.1. The van der Waals surface area contributed by atoms with Crippen LogP contribution in [0.2, 0.25) is 0 Å². The van der Waals surface area contributed by atoms with Crippen LogP contribution in [0.3, 0.4) is 0 Å². The molecule has 5 nitrogen and oxygen atoms in total. The van der Waals surface area contributed by atoms with Crippen LogP contribution in [0.5, 0.6) is 0 Å². The third-order valence-corrected chi connectivity index (χ3v) is 4.91. The van der Waals surface area contributed by atoms with E-state index in [1.807, 2.05) is 35.2 Å². The average Bonchev–Trinajstić information content (AvgIpc) is 2.56. The normalized spacial score (nSPS) is 30.3. The molecule has 0 saturated carbocycles. The molecule has 2 fully saturated rings. The smallest absolute Gasteiger partial charge is 0.219 e. The Kier molecular flexibility index (Phi) is 4.47. The molecular weight excluding hydrogens is 280 g/mol. The first-order chi connectivity index (χ1) is 10.6. The first-order valence-corrected chi connectivity index (χ1v) is 7.96. The van der Waals surface area contributed by atoms with Crippen LogP contribution in [-0.2, 0) is 15.1 Å². The highest BCUT2D eigenvalue weighted by Crippen LogP contribution is 2.36. The van der Waals surface area contributed by atoms with Crippen LogP contribution in [-0.4, -0.2) is 66.2 Å². The molecule has 1 amide bonds. The Balaban J connectivity index is 1.90. The van der Waals surface area contributed by atoms with Gasteiger partial charge in [-0.1, -0.05) is 30.3 Å². The Morgan fingerprint density at radius 3 is 2.55 bits per heavy atom. The van der Waals surface area contributed by atoms with E-state index in [2.05, 4.69) is 4.90 Å². The van der Waals surface area contributed by atoms with Gasteiger partial charge >= 0.3 is 0 Å². The van der Waals surface area contributed by atoms with E-state index in [4.69, 9.17) is 4.74 Å². The fourth-order valence-corrected chi connectivity index (χ4v) is 3.58. The lowest BCUT2D eigenvalue weighted by atomic mass is 9.79. The fraction of sp³-hybridized carbons (Fsp3) is 0.588. The second-order valence-corrected chi connectivity index (χ2v) is 6.17. The van der Waals surface area contributed by atoms with Gasteiger partial charge in [0.15, 0.2) is 0 Å². The lowest BCUT2D eigenvalue weighted by Gasteiger charge is -2.50. The summed E-state index contributed by atoms with van der Waals surface area (Å²) in [5.74, 6) is 0.0772. The minimum Gasteiger partial charge on any atom is -0.383 e. The van der Waals surface area contributed by atoms with Crippen LogP contribution in [0.4, 0.5) is 0 Å². The Morgan fingerprint density at radius 1 is 1.23 bits per heavy atom. The highest BCUT2D eigenvalue weighted by atomic mass is 16.5. The number of likely N-dealkylation sites (tertiary alicyclic amines) is 1. The summed E-state index contributed by atoms with van der Waals surface area (Å²) in [5, 5.41) is 11.4. The molecule has 22 heavy (non-hydrogen) atoms. The molecule has 1 aromatic rings. The Morgan fingerprint density at radius 2 is 1.91 bits per heavy atom. The van der Waals surface area contributed by atoms with Gasteiger partial charge in [-0.3, -0.25) is 9.69 Å². The number of rotatable bonds is 2. The molecular formula is C17H24N2O3. The van der Waals surface area contributed by atoms with Crippen molar-refractivity contribution < 1.29 is 14.6 Å². The summed E-state index contributed by atoms with van der Waals surface area (Å²) in [5.41, 5.74) is 0.0274. The van der Waals surface area contributed by atoms with Gasteiger partial charge in [0.2, 0.25) is 5.91 Å². The second kappa shape index (κ2) is 6.36. The molecule has 2 heterocycles. The van der Waals surface area contributed by atoms with Gasteiger partial charge in [0.1, 0.15) is 5.60 Å². The quantitative estimate of drug-likeness (QED) is 0.879. The maximum atomic E-state index is 11.8. The van der Waals surface area contributed by atoms with E-state index in [-0.39, 0.29) is 11.9 Å². The first-order valence-electron chi connectivity index (χ1n) is 7.96. The zero-order chi connectivity index (χ0) is 15.6. The number of nitrogens with zero attached hydrogens (tertiary/aromatic N) is 2. The molecule has 1 N–H and O–H groups in total. The van der Waals surface area contributed by atoms with Gasteiger partial charge in [-0.15, -0.1) is 0 Å². The van der Waals surface area contributed by atoms with Crippen LogP contribution >= 0.6 is 0 Å². The molecule has 0 radical (unpaired) electrons. The molecule has 0 aliphatic carbocycles. The van der Waals surface area contributed by atoms with E-state index in [0.717, 1.165) is 18.7 Å². The minimum atomic E-state index is -0.912. The third kappa shape index (κ3) is 2.89. The van der Waals surface area contributed by atoms with E-state index in [1.54, 1.807) is 6.92 Å². The van der Waals surface area contributed by atoms with Gasteiger partial charge in [-0.05, 0) is 12.0 Å². The van der Waals surface area contributed by atoms with E-state index >= 15 is 0 Å². The maximum Gasteiger partial charge on any atom is 0.219 e. The van der Waals surface area contributed by atoms with E-state index in [9.17, 15) is 9.90 Å². The van der Waals surface area contributed by atoms with Crippen molar-refractivity contribution in [3.8, 4) is 0 Å². The van der Waals surface area contributed by atoms with Gasteiger partial charge in [0, 0.05) is 33.1 Å². The van der Waals surface area contributed by atoms with Crippen LogP contribution in [0.15, 0.2) is 30.3 Å². The molecule has 2 saturated heterocycles. The van der Waals surface area contributed by atoms with E-state index in [0.29, 0.717) is 32.7 Å². The van der Waals surface area contributed by atoms with Crippen molar-refractivity contribution in [1.29, 1.82) is 0 Å². The number of aliphatic hydroxyl groups is 1. The molecule has 0 bridgehead atoms. The predicted molar refractivity (Wildman–Crippen MR) is 83.4 cm³/mol. The number of hydrogen-bond acceptors (Lipinski definition) is 4. The van der Waals surface area contributed by atoms with Crippen molar-refractivity contribution in [3.63, 3.8) is 0 Å². The molecule has 2 atom stereocenters. The highest BCUT2D eigenvalue weighted by molar-refractivity contribution is 5.73. The number of hydrogen-bond donors (Lipinski definition) is 1. The van der Waals surface area contributed by atoms with Crippen LogP contribution < -0.4 is 0 Å². The summed E-state index contributed by atoms with van der Waals surface area (Å²) in [6.45, 7) is 5.73. The van der Waals surface area contributed by atoms with Gasteiger partial charge < -0.3 is 14.7 Å². The van der Waals surface area contributed by atoms with Crippen molar-refractivity contribution >= 4 is 5.91 Å². The van der Waals surface area contributed by atoms with Crippen molar-refractivity contribution in [2.45, 2.75) is 25.0 Å². The minimum absolute atomic E-state index is 0.0772. The zero-order valence-electron chi connectivity index (χ0n) is 13.1.